The Labute approximate surface area is 131 Å². The molecule has 0 unspecified atom stereocenters. The minimum Gasteiger partial charge on any atom is -0.207 e. The van der Waals surface area contributed by atoms with E-state index < -0.39 is 11.6 Å². The molecule has 2 heteroatoms. The second-order valence-electron chi connectivity index (χ2n) is 6.77. The van der Waals surface area contributed by atoms with Crippen LogP contribution in [0.5, 0.6) is 0 Å². The monoisotopic (exact) mass is 300 g/mol. The molecule has 0 aliphatic heterocycles. The molecular formula is C20H22F2. The van der Waals surface area contributed by atoms with Crippen LogP contribution in [0.4, 0.5) is 8.78 Å². The molecule has 0 nitrogen and oxygen atoms in total. The Morgan fingerprint density at radius 1 is 0.955 bits per heavy atom. The first-order chi connectivity index (χ1) is 10.6. The average Bonchev–Trinajstić information content (AvgIpc) is 2.95. The van der Waals surface area contributed by atoms with Gasteiger partial charge in [-0.15, -0.1) is 0 Å². The molecule has 0 radical (unpaired) electrons. The van der Waals surface area contributed by atoms with Crippen LogP contribution < -0.4 is 0 Å². The maximum Gasteiger partial charge on any atom is 0.137 e. The Balaban J connectivity index is 1.87. The first-order valence-electron chi connectivity index (χ1n) is 8.11. The molecule has 0 bridgehead atoms. The molecule has 2 aromatic rings. The van der Waals surface area contributed by atoms with Crippen molar-refractivity contribution in [1.82, 2.24) is 0 Å². The standard InChI is InChI=1S/C20H22F2/c1-20(12-5-6-13-20)14-11-17-18(21)10-9-16(19(17)22)15-7-3-2-4-8-15/h2-4,7-10H,5-6,11-14H2,1H3. The van der Waals surface area contributed by atoms with Gasteiger partial charge in [0.15, 0.2) is 0 Å². The Hall–Kier alpha value is -1.70. The molecule has 1 fully saturated rings. The van der Waals surface area contributed by atoms with Crippen LogP contribution in [0.2, 0.25) is 0 Å². The third-order valence-corrected chi connectivity index (χ3v) is 5.06. The van der Waals surface area contributed by atoms with E-state index in [1.54, 1.807) is 6.07 Å². The Bertz CT molecular complexity index is 640. The second-order valence-corrected chi connectivity index (χ2v) is 6.77. The zero-order valence-corrected chi connectivity index (χ0v) is 13.0. The van der Waals surface area contributed by atoms with Crippen LogP contribution >= 0.6 is 0 Å². The summed E-state index contributed by atoms with van der Waals surface area (Å²) in [7, 11) is 0. The van der Waals surface area contributed by atoms with Gasteiger partial charge in [-0.25, -0.2) is 8.78 Å². The van der Waals surface area contributed by atoms with Gasteiger partial charge < -0.3 is 0 Å². The molecule has 0 atom stereocenters. The van der Waals surface area contributed by atoms with Gasteiger partial charge in [-0.05, 0) is 48.8 Å². The van der Waals surface area contributed by atoms with Crippen LogP contribution in [-0.2, 0) is 6.42 Å². The summed E-state index contributed by atoms with van der Waals surface area (Å²) in [5, 5.41) is 0. The highest BCUT2D eigenvalue weighted by molar-refractivity contribution is 5.65. The Morgan fingerprint density at radius 2 is 1.64 bits per heavy atom. The van der Waals surface area contributed by atoms with Crippen molar-refractivity contribution in [1.29, 1.82) is 0 Å². The lowest BCUT2D eigenvalue weighted by molar-refractivity contribution is 0.305. The van der Waals surface area contributed by atoms with Gasteiger partial charge >= 0.3 is 0 Å². The lowest BCUT2D eigenvalue weighted by Crippen LogP contribution is -2.13. The summed E-state index contributed by atoms with van der Waals surface area (Å²) in [6.45, 7) is 2.25. The largest absolute Gasteiger partial charge is 0.207 e. The quantitative estimate of drug-likeness (QED) is 0.635. The molecule has 1 aliphatic rings. The molecule has 0 spiro atoms. The van der Waals surface area contributed by atoms with Gasteiger partial charge in [-0.1, -0.05) is 50.1 Å². The molecule has 2 aromatic carbocycles. The van der Waals surface area contributed by atoms with E-state index in [0.29, 0.717) is 12.0 Å². The van der Waals surface area contributed by atoms with Crippen molar-refractivity contribution in [2.75, 3.05) is 0 Å². The third-order valence-electron chi connectivity index (χ3n) is 5.06. The number of benzene rings is 2. The second kappa shape index (κ2) is 6.20. The van der Waals surface area contributed by atoms with Gasteiger partial charge in [-0.2, -0.15) is 0 Å². The fraction of sp³-hybridized carbons (Fsp3) is 0.400. The molecule has 3 rings (SSSR count). The zero-order valence-electron chi connectivity index (χ0n) is 13.0. The van der Waals surface area contributed by atoms with Crippen LogP contribution in [0.15, 0.2) is 42.5 Å². The predicted octanol–water partition coefficient (Wildman–Crippen LogP) is 6.14. The SMILES string of the molecule is CC1(CCc2c(F)ccc(-c3ccccc3)c2F)CCCC1. The third kappa shape index (κ3) is 3.06. The highest BCUT2D eigenvalue weighted by Gasteiger charge is 2.29. The minimum atomic E-state index is -0.418. The first-order valence-corrected chi connectivity index (χ1v) is 8.11. The summed E-state index contributed by atoms with van der Waals surface area (Å²) < 4.78 is 28.9. The molecule has 116 valence electrons. The van der Waals surface area contributed by atoms with Crippen LogP contribution in [-0.4, -0.2) is 0 Å². The number of hydrogen-bond acceptors (Lipinski definition) is 0. The van der Waals surface area contributed by atoms with Crippen molar-refractivity contribution in [3.05, 3.63) is 59.7 Å². The predicted molar refractivity (Wildman–Crippen MR) is 86.7 cm³/mol. The van der Waals surface area contributed by atoms with Gasteiger partial charge in [0, 0.05) is 11.1 Å². The van der Waals surface area contributed by atoms with Crippen LogP contribution in [0.3, 0.4) is 0 Å². The van der Waals surface area contributed by atoms with Gasteiger partial charge in [0.05, 0.1) is 0 Å². The fourth-order valence-corrected chi connectivity index (χ4v) is 3.57. The lowest BCUT2D eigenvalue weighted by atomic mass is 9.82. The summed E-state index contributed by atoms with van der Waals surface area (Å²) in [5.74, 6) is -0.813. The van der Waals surface area contributed by atoms with Crippen molar-refractivity contribution in [3.8, 4) is 11.1 Å². The summed E-state index contributed by atoms with van der Waals surface area (Å²) in [5.41, 5.74) is 1.79. The summed E-state index contributed by atoms with van der Waals surface area (Å²) in [6, 6.07) is 12.3. The molecule has 1 saturated carbocycles. The normalized spacial score (nSPS) is 16.9. The van der Waals surface area contributed by atoms with Crippen molar-refractivity contribution in [3.63, 3.8) is 0 Å². The van der Waals surface area contributed by atoms with E-state index in [2.05, 4.69) is 6.92 Å². The van der Waals surface area contributed by atoms with Crippen LogP contribution in [0.1, 0.15) is 44.6 Å². The smallest absolute Gasteiger partial charge is 0.137 e. The Kier molecular flexibility index (Phi) is 4.28. The molecule has 1 aliphatic carbocycles. The topological polar surface area (TPSA) is 0 Å². The highest BCUT2D eigenvalue weighted by Crippen LogP contribution is 2.41. The molecule has 0 heterocycles. The summed E-state index contributed by atoms with van der Waals surface area (Å²) >= 11 is 0. The zero-order chi connectivity index (χ0) is 15.6. The van der Waals surface area contributed by atoms with E-state index in [-0.39, 0.29) is 11.0 Å². The molecule has 0 saturated heterocycles. The molecule has 22 heavy (non-hydrogen) atoms. The van der Waals surface area contributed by atoms with Crippen LogP contribution in [0, 0.1) is 17.0 Å². The van der Waals surface area contributed by atoms with Crippen molar-refractivity contribution in [2.45, 2.75) is 45.4 Å². The molecule has 0 N–H and O–H groups in total. The molecule has 0 amide bonds. The fourth-order valence-electron chi connectivity index (χ4n) is 3.57. The van der Waals surface area contributed by atoms with Crippen LogP contribution in [0.25, 0.3) is 11.1 Å². The minimum absolute atomic E-state index is 0.245. The summed E-state index contributed by atoms with van der Waals surface area (Å²) in [4.78, 5) is 0. The lowest BCUT2D eigenvalue weighted by Gasteiger charge is -2.23. The Morgan fingerprint density at radius 3 is 2.32 bits per heavy atom. The van der Waals surface area contributed by atoms with E-state index in [0.717, 1.165) is 12.0 Å². The maximum absolute atomic E-state index is 14.8. The van der Waals surface area contributed by atoms with E-state index in [1.807, 2.05) is 30.3 Å². The average molecular weight is 300 g/mol. The van der Waals surface area contributed by atoms with Crippen molar-refractivity contribution < 1.29 is 8.78 Å². The van der Waals surface area contributed by atoms with E-state index >= 15 is 0 Å². The van der Waals surface area contributed by atoms with Gasteiger partial charge in [-0.3, -0.25) is 0 Å². The molecular weight excluding hydrogens is 278 g/mol. The van der Waals surface area contributed by atoms with E-state index in [1.165, 1.54) is 31.7 Å². The first kappa shape index (κ1) is 15.2. The number of hydrogen-bond donors (Lipinski definition) is 0. The van der Waals surface area contributed by atoms with Gasteiger partial charge in [0.25, 0.3) is 0 Å². The van der Waals surface area contributed by atoms with E-state index in [4.69, 9.17) is 0 Å². The number of rotatable bonds is 4. The van der Waals surface area contributed by atoms with Crippen molar-refractivity contribution >= 4 is 0 Å². The van der Waals surface area contributed by atoms with Gasteiger partial charge in [0.1, 0.15) is 11.6 Å². The molecule has 0 aromatic heterocycles. The number of halogens is 2. The van der Waals surface area contributed by atoms with Crippen molar-refractivity contribution in [2.24, 2.45) is 5.41 Å². The van der Waals surface area contributed by atoms with Gasteiger partial charge in [0.2, 0.25) is 0 Å². The summed E-state index contributed by atoms with van der Waals surface area (Å²) in [6.07, 6.45) is 6.17. The van der Waals surface area contributed by atoms with E-state index in [9.17, 15) is 8.78 Å². The maximum atomic E-state index is 14.8. The highest BCUT2D eigenvalue weighted by atomic mass is 19.1.